The van der Waals surface area contributed by atoms with Crippen molar-refractivity contribution < 1.29 is 28.9 Å². The average Bonchev–Trinajstić information content (AvgIpc) is 3.22. The van der Waals surface area contributed by atoms with Crippen molar-refractivity contribution in [2.45, 2.75) is 58.6 Å². The van der Waals surface area contributed by atoms with Crippen molar-refractivity contribution in [1.82, 2.24) is 0 Å². The SMILES string of the molecule is CCOc1cc2c(c3c1OC(C)(C)C3)C(c1ccc(C(=O)O)c(NC(=O)c3ccccc3OC)c1)=NC(C)(C)C2. The summed E-state index contributed by atoms with van der Waals surface area (Å²) in [5, 5.41) is 12.7. The van der Waals surface area contributed by atoms with Crippen LogP contribution in [0.3, 0.4) is 0 Å². The number of hydrogen-bond acceptors (Lipinski definition) is 6. The number of carboxylic acid groups (broad SMARTS) is 1. The summed E-state index contributed by atoms with van der Waals surface area (Å²) in [5.41, 5.74) is 4.16. The molecule has 2 heterocycles. The molecule has 0 bridgehead atoms. The Hall–Kier alpha value is -4.33. The van der Waals surface area contributed by atoms with E-state index in [-0.39, 0.29) is 11.3 Å². The lowest BCUT2D eigenvalue weighted by atomic mass is 9.80. The molecule has 0 saturated heterocycles. The molecule has 40 heavy (non-hydrogen) atoms. The molecule has 3 aromatic carbocycles. The molecule has 0 aromatic heterocycles. The van der Waals surface area contributed by atoms with Gasteiger partial charge in [0.25, 0.3) is 5.91 Å². The minimum Gasteiger partial charge on any atom is -0.496 e. The molecule has 208 valence electrons. The summed E-state index contributed by atoms with van der Waals surface area (Å²) in [4.78, 5) is 30.5. The Morgan fingerprint density at radius 3 is 2.48 bits per heavy atom. The zero-order valence-corrected chi connectivity index (χ0v) is 23.7. The van der Waals surface area contributed by atoms with E-state index in [0.717, 1.165) is 33.9 Å². The Labute approximate surface area is 234 Å². The van der Waals surface area contributed by atoms with Crippen LogP contribution in [0, 0.1) is 0 Å². The number of aromatic carboxylic acids is 1. The van der Waals surface area contributed by atoms with Crippen LogP contribution in [0.15, 0.2) is 53.5 Å². The highest BCUT2D eigenvalue weighted by Gasteiger charge is 2.40. The minimum atomic E-state index is -1.15. The number of rotatable bonds is 7. The summed E-state index contributed by atoms with van der Waals surface area (Å²) in [6, 6.07) is 13.8. The second-order valence-corrected chi connectivity index (χ2v) is 11.4. The van der Waals surface area contributed by atoms with E-state index in [1.807, 2.05) is 26.8 Å². The minimum absolute atomic E-state index is 0.0238. The van der Waals surface area contributed by atoms with Crippen LogP contribution in [0.2, 0.25) is 0 Å². The molecule has 0 fully saturated rings. The van der Waals surface area contributed by atoms with Gasteiger partial charge in [0.05, 0.1) is 41.8 Å². The van der Waals surface area contributed by atoms with E-state index in [9.17, 15) is 14.7 Å². The van der Waals surface area contributed by atoms with Crippen molar-refractivity contribution >= 4 is 23.3 Å². The van der Waals surface area contributed by atoms with Crippen molar-refractivity contribution in [2.24, 2.45) is 4.99 Å². The highest BCUT2D eigenvalue weighted by atomic mass is 16.5. The first-order chi connectivity index (χ1) is 18.9. The topological polar surface area (TPSA) is 106 Å². The van der Waals surface area contributed by atoms with Gasteiger partial charge in [0.15, 0.2) is 11.5 Å². The van der Waals surface area contributed by atoms with Crippen LogP contribution < -0.4 is 19.5 Å². The van der Waals surface area contributed by atoms with Crippen molar-refractivity contribution in [3.8, 4) is 17.2 Å². The average molecular weight is 543 g/mol. The van der Waals surface area contributed by atoms with Gasteiger partial charge in [0.1, 0.15) is 11.4 Å². The number of hydrogen-bond donors (Lipinski definition) is 2. The lowest BCUT2D eigenvalue weighted by molar-refractivity contribution is 0.0698. The zero-order valence-electron chi connectivity index (χ0n) is 23.7. The summed E-state index contributed by atoms with van der Waals surface area (Å²) in [7, 11) is 1.48. The summed E-state index contributed by atoms with van der Waals surface area (Å²) >= 11 is 0. The molecule has 8 heteroatoms. The van der Waals surface area contributed by atoms with E-state index in [2.05, 4.69) is 19.2 Å². The number of amides is 1. The Balaban J connectivity index is 1.65. The number of carbonyl (C=O) groups is 2. The first-order valence-corrected chi connectivity index (χ1v) is 13.4. The van der Waals surface area contributed by atoms with E-state index in [1.54, 1.807) is 36.4 Å². The molecule has 0 unspecified atom stereocenters. The first-order valence-electron chi connectivity index (χ1n) is 13.4. The largest absolute Gasteiger partial charge is 0.496 e. The number of aliphatic imine (C=N–C) groups is 1. The first kappa shape index (κ1) is 27.2. The standard InChI is InChI=1S/C32H34N2O6/c1-7-39-25-15-19-16-31(2,3)34-27(26(19)22-17-32(4,5)40-28(22)25)18-12-13-20(30(36)37)23(14-18)33-29(35)21-10-8-9-11-24(21)38-6/h8-15H,7,16-17H2,1-6H3,(H,33,35)(H,36,37). The highest BCUT2D eigenvalue weighted by molar-refractivity contribution is 6.18. The molecule has 0 aliphatic carbocycles. The fraction of sp³-hybridized carbons (Fsp3) is 0.344. The Morgan fingerprint density at radius 2 is 1.77 bits per heavy atom. The lowest BCUT2D eigenvalue weighted by Crippen LogP contribution is -2.31. The van der Waals surface area contributed by atoms with Crippen LogP contribution in [0.4, 0.5) is 5.69 Å². The molecule has 0 radical (unpaired) electrons. The van der Waals surface area contributed by atoms with Gasteiger partial charge in [-0.3, -0.25) is 9.79 Å². The van der Waals surface area contributed by atoms with Crippen LogP contribution in [0.5, 0.6) is 17.2 Å². The molecule has 2 aliphatic heterocycles. The van der Waals surface area contributed by atoms with E-state index < -0.39 is 23.0 Å². The second-order valence-electron chi connectivity index (χ2n) is 11.4. The molecule has 2 N–H and O–H groups in total. The zero-order chi connectivity index (χ0) is 28.8. The summed E-state index contributed by atoms with van der Waals surface area (Å²) < 4.78 is 17.7. The predicted octanol–water partition coefficient (Wildman–Crippen LogP) is 5.93. The van der Waals surface area contributed by atoms with Crippen molar-refractivity contribution in [1.29, 1.82) is 0 Å². The summed E-state index contributed by atoms with van der Waals surface area (Å²) in [6.07, 6.45) is 1.39. The Bertz CT molecular complexity index is 1550. The third-order valence-corrected chi connectivity index (χ3v) is 7.10. The maximum Gasteiger partial charge on any atom is 0.337 e. The third kappa shape index (κ3) is 5.01. The van der Waals surface area contributed by atoms with Crippen LogP contribution in [0.25, 0.3) is 0 Å². The van der Waals surface area contributed by atoms with Crippen LogP contribution in [0.1, 0.15) is 77.6 Å². The number of benzene rings is 3. The molecular formula is C32H34N2O6. The van der Waals surface area contributed by atoms with Gasteiger partial charge in [0, 0.05) is 23.1 Å². The van der Waals surface area contributed by atoms with Gasteiger partial charge in [-0.2, -0.15) is 0 Å². The summed E-state index contributed by atoms with van der Waals surface area (Å²) in [6.45, 7) is 10.7. The van der Waals surface area contributed by atoms with E-state index in [0.29, 0.717) is 36.3 Å². The number of methoxy groups -OCH3 is 1. The molecule has 0 saturated carbocycles. The highest BCUT2D eigenvalue weighted by Crippen LogP contribution is 2.48. The van der Waals surface area contributed by atoms with Gasteiger partial charge < -0.3 is 24.6 Å². The molecule has 0 atom stereocenters. The van der Waals surface area contributed by atoms with Gasteiger partial charge in [0.2, 0.25) is 0 Å². The van der Waals surface area contributed by atoms with Crippen LogP contribution >= 0.6 is 0 Å². The second kappa shape index (κ2) is 10.0. The molecule has 8 nitrogen and oxygen atoms in total. The van der Waals surface area contributed by atoms with Gasteiger partial charge in [-0.25, -0.2) is 4.79 Å². The fourth-order valence-electron chi connectivity index (χ4n) is 5.54. The molecule has 3 aromatic rings. The molecule has 0 spiro atoms. The quantitative estimate of drug-likeness (QED) is 0.383. The van der Waals surface area contributed by atoms with Crippen molar-refractivity contribution in [3.63, 3.8) is 0 Å². The molecule has 1 amide bonds. The predicted molar refractivity (Wildman–Crippen MR) is 154 cm³/mol. The number of nitrogens with one attached hydrogen (secondary N) is 1. The van der Waals surface area contributed by atoms with Crippen molar-refractivity contribution in [2.75, 3.05) is 19.0 Å². The van der Waals surface area contributed by atoms with Gasteiger partial charge in [-0.05, 0) is 76.9 Å². The van der Waals surface area contributed by atoms with Crippen LogP contribution in [-0.2, 0) is 12.8 Å². The van der Waals surface area contributed by atoms with Crippen LogP contribution in [-0.4, -0.2) is 47.6 Å². The number of anilines is 1. The third-order valence-electron chi connectivity index (χ3n) is 7.10. The maximum atomic E-state index is 13.2. The van der Waals surface area contributed by atoms with E-state index in [4.69, 9.17) is 19.2 Å². The number of nitrogens with zero attached hydrogens (tertiary/aromatic N) is 1. The van der Waals surface area contributed by atoms with Crippen molar-refractivity contribution in [3.05, 3.63) is 81.9 Å². The van der Waals surface area contributed by atoms with Gasteiger partial charge in [-0.15, -0.1) is 0 Å². The fourth-order valence-corrected chi connectivity index (χ4v) is 5.54. The normalized spacial score (nSPS) is 16.2. The van der Waals surface area contributed by atoms with Gasteiger partial charge in [-0.1, -0.05) is 18.2 Å². The number of fused-ring (bicyclic) bond motifs is 3. The molecule has 2 aliphatic rings. The Kier molecular flexibility index (Phi) is 6.82. The monoisotopic (exact) mass is 542 g/mol. The number of carboxylic acids is 1. The number of ether oxygens (including phenoxy) is 3. The summed E-state index contributed by atoms with van der Waals surface area (Å²) in [5.74, 6) is 0.227. The van der Waals surface area contributed by atoms with E-state index in [1.165, 1.54) is 13.2 Å². The maximum absolute atomic E-state index is 13.2. The van der Waals surface area contributed by atoms with Gasteiger partial charge >= 0.3 is 5.97 Å². The number of carbonyl (C=O) groups excluding carboxylic acids is 1. The molecule has 5 rings (SSSR count). The Morgan fingerprint density at radius 1 is 1.02 bits per heavy atom. The number of para-hydroxylation sites is 1. The lowest BCUT2D eigenvalue weighted by Gasteiger charge is -2.31. The van der Waals surface area contributed by atoms with E-state index >= 15 is 0 Å². The smallest absolute Gasteiger partial charge is 0.337 e. The molecular weight excluding hydrogens is 508 g/mol.